The largest absolute Gasteiger partial charge is 0.468 e. The third-order valence-electron chi connectivity index (χ3n) is 3.10. The molecule has 0 saturated carbocycles. The highest BCUT2D eigenvalue weighted by Crippen LogP contribution is 2.30. The summed E-state index contributed by atoms with van der Waals surface area (Å²) >= 11 is 0. The molecular weight excluding hydrogens is 256 g/mol. The molecule has 3 aromatic rings. The fourth-order valence-electron chi connectivity index (χ4n) is 2.01. The van der Waals surface area contributed by atoms with Crippen molar-refractivity contribution >= 4 is 0 Å². The van der Waals surface area contributed by atoms with Crippen LogP contribution in [0.4, 0.5) is 0 Å². The molecule has 1 aromatic carbocycles. The van der Waals surface area contributed by atoms with E-state index in [1.165, 1.54) is 0 Å². The van der Waals surface area contributed by atoms with Crippen LogP contribution in [0.15, 0.2) is 57.8 Å². The monoisotopic (exact) mass is 270 g/mol. The van der Waals surface area contributed by atoms with E-state index in [0.29, 0.717) is 11.9 Å². The molecule has 0 unspecified atom stereocenters. The molecule has 20 heavy (non-hydrogen) atoms. The second-order valence-corrected chi connectivity index (χ2v) is 4.29. The smallest absolute Gasteiger partial charge is 0.284 e. The van der Waals surface area contributed by atoms with Gasteiger partial charge in [0, 0.05) is 23.3 Å². The first kappa shape index (κ1) is 12.4. The van der Waals surface area contributed by atoms with Gasteiger partial charge in [0.15, 0.2) is 0 Å². The van der Waals surface area contributed by atoms with Crippen LogP contribution in [-0.4, -0.2) is 14.2 Å². The Bertz CT molecular complexity index is 630. The molecule has 4 heteroatoms. The zero-order chi connectivity index (χ0) is 13.9. The van der Waals surface area contributed by atoms with Crippen molar-refractivity contribution in [2.24, 2.45) is 0 Å². The minimum atomic E-state index is 0.503. The molecular formula is C16H14O4. The highest BCUT2D eigenvalue weighted by Gasteiger charge is 2.07. The van der Waals surface area contributed by atoms with Gasteiger partial charge >= 0.3 is 0 Å². The lowest BCUT2D eigenvalue weighted by atomic mass is 10.0. The van der Waals surface area contributed by atoms with Crippen molar-refractivity contribution in [2.75, 3.05) is 14.2 Å². The molecule has 0 aliphatic carbocycles. The summed E-state index contributed by atoms with van der Waals surface area (Å²) in [5.41, 5.74) is 4.10. The number of ether oxygens (including phenoxy) is 2. The molecule has 0 spiro atoms. The van der Waals surface area contributed by atoms with Gasteiger partial charge in [0.05, 0.1) is 14.2 Å². The van der Waals surface area contributed by atoms with Crippen LogP contribution in [0.1, 0.15) is 0 Å². The SMILES string of the molecule is COc1cc(-c2ccc(-c3coc(OC)c3)cc2)co1. The lowest BCUT2D eigenvalue weighted by molar-refractivity contribution is 0.305. The standard InChI is InChI=1S/C16H14O4/c1-17-15-7-13(9-19-15)11-3-5-12(6-4-11)14-8-16(18-2)20-10-14/h3-10H,1-2H3. The van der Waals surface area contributed by atoms with Gasteiger partial charge in [0.1, 0.15) is 12.5 Å². The zero-order valence-electron chi connectivity index (χ0n) is 11.3. The topological polar surface area (TPSA) is 44.7 Å². The number of rotatable bonds is 4. The molecule has 0 aliphatic heterocycles. The number of hydrogen-bond donors (Lipinski definition) is 0. The van der Waals surface area contributed by atoms with E-state index >= 15 is 0 Å². The molecule has 102 valence electrons. The van der Waals surface area contributed by atoms with Crippen molar-refractivity contribution < 1.29 is 18.3 Å². The molecule has 0 N–H and O–H groups in total. The summed E-state index contributed by atoms with van der Waals surface area (Å²) in [6.45, 7) is 0. The third kappa shape index (κ3) is 2.28. The van der Waals surface area contributed by atoms with E-state index in [1.54, 1.807) is 26.7 Å². The second-order valence-electron chi connectivity index (χ2n) is 4.29. The predicted octanol–water partition coefficient (Wildman–Crippen LogP) is 4.22. The van der Waals surface area contributed by atoms with Gasteiger partial charge < -0.3 is 18.3 Å². The van der Waals surface area contributed by atoms with Gasteiger partial charge in [0.2, 0.25) is 0 Å². The summed E-state index contributed by atoms with van der Waals surface area (Å²) < 4.78 is 20.6. The van der Waals surface area contributed by atoms with Crippen LogP contribution >= 0.6 is 0 Å². The molecule has 4 nitrogen and oxygen atoms in total. The average Bonchev–Trinajstić information content (AvgIpc) is 3.16. The van der Waals surface area contributed by atoms with Gasteiger partial charge in [0.25, 0.3) is 11.9 Å². The Balaban J connectivity index is 1.87. The Labute approximate surface area is 116 Å². The molecule has 0 aliphatic rings. The number of furan rings is 2. The molecule has 3 rings (SSSR count). The minimum absolute atomic E-state index is 0.503. The lowest BCUT2D eigenvalue weighted by Gasteiger charge is -1.99. The molecule has 2 heterocycles. The number of hydrogen-bond acceptors (Lipinski definition) is 4. The molecule has 0 saturated heterocycles. The Morgan fingerprint density at radius 1 is 0.650 bits per heavy atom. The van der Waals surface area contributed by atoms with E-state index in [9.17, 15) is 0 Å². The van der Waals surface area contributed by atoms with E-state index in [2.05, 4.69) is 0 Å². The maximum Gasteiger partial charge on any atom is 0.284 e. The van der Waals surface area contributed by atoms with Crippen LogP contribution < -0.4 is 9.47 Å². The summed E-state index contributed by atoms with van der Waals surface area (Å²) in [6, 6.07) is 11.8. The van der Waals surface area contributed by atoms with Gasteiger partial charge in [-0.2, -0.15) is 0 Å². The van der Waals surface area contributed by atoms with E-state index in [4.69, 9.17) is 18.3 Å². The van der Waals surface area contributed by atoms with Crippen molar-refractivity contribution in [3.05, 3.63) is 48.9 Å². The fourth-order valence-corrected chi connectivity index (χ4v) is 2.01. The molecule has 2 aromatic heterocycles. The van der Waals surface area contributed by atoms with Crippen molar-refractivity contribution in [2.45, 2.75) is 0 Å². The van der Waals surface area contributed by atoms with Gasteiger partial charge in [-0.15, -0.1) is 0 Å². The van der Waals surface area contributed by atoms with Crippen LogP contribution in [0.3, 0.4) is 0 Å². The molecule has 0 amide bonds. The summed E-state index contributed by atoms with van der Waals surface area (Å²) in [5, 5.41) is 0. The summed E-state index contributed by atoms with van der Waals surface area (Å²) in [4.78, 5) is 0. The number of benzene rings is 1. The summed E-state index contributed by atoms with van der Waals surface area (Å²) in [7, 11) is 3.16. The highest BCUT2D eigenvalue weighted by molar-refractivity contribution is 5.70. The summed E-state index contributed by atoms with van der Waals surface area (Å²) in [5.74, 6) is 1.01. The average molecular weight is 270 g/mol. The molecule has 0 bridgehead atoms. The van der Waals surface area contributed by atoms with Gasteiger partial charge in [-0.3, -0.25) is 0 Å². The Morgan fingerprint density at radius 3 is 1.35 bits per heavy atom. The van der Waals surface area contributed by atoms with E-state index in [0.717, 1.165) is 22.3 Å². The maximum absolute atomic E-state index is 5.25. The van der Waals surface area contributed by atoms with Crippen LogP contribution in [0.25, 0.3) is 22.3 Å². The van der Waals surface area contributed by atoms with E-state index in [-0.39, 0.29) is 0 Å². The van der Waals surface area contributed by atoms with Gasteiger partial charge in [-0.1, -0.05) is 24.3 Å². The van der Waals surface area contributed by atoms with Gasteiger partial charge in [-0.25, -0.2) is 0 Å². The first-order chi connectivity index (χ1) is 9.80. The number of methoxy groups -OCH3 is 2. The second kappa shape index (κ2) is 5.17. The maximum atomic E-state index is 5.25. The van der Waals surface area contributed by atoms with Crippen molar-refractivity contribution in [1.29, 1.82) is 0 Å². The fraction of sp³-hybridized carbons (Fsp3) is 0.125. The normalized spacial score (nSPS) is 10.5. The first-order valence-corrected chi connectivity index (χ1v) is 6.16. The Hall–Kier alpha value is -2.62. The first-order valence-electron chi connectivity index (χ1n) is 6.16. The Kier molecular flexibility index (Phi) is 3.21. The van der Waals surface area contributed by atoms with Crippen LogP contribution in [0, 0.1) is 0 Å². The van der Waals surface area contributed by atoms with Gasteiger partial charge in [-0.05, 0) is 11.1 Å². The third-order valence-corrected chi connectivity index (χ3v) is 3.10. The molecule has 0 fully saturated rings. The predicted molar refractivity (Wildman–Crippen MR) is 75.0 cm³/mol. The quantitative estimate of drug-likeness (QED) is 0.711. The van der Waals surface area contributed by atoms with Crippen LogP contribution in [0.2, 0.25) is 0 Å². The Morgan fingerprint density at radius 2 is 1.05 bits per heavy atom. The molecule has 0 radical (unpaired) electrons. The zero-order valence-corrected chi connectivity index (χ0v) is 11.3. The van der Waals surface area contributed by atoms with Crippen molar-refractivity contribution in [1.82, 2.24) is 0 Å². The molecule has 0 atom stereocenters. The van der Waals surface area contributed by atoms with E-state index in [1.807, 2.05) is 36.4 Å². The lowest BCUT2D eigenvalue weighted by Crippen LogP contribution is -1.78. The minimum Gasteiger partial charge on any atom is -0.468 e. The van der Waals surface area contributed by atoms with Crippen molar-refractivity contribution in [3.63, 3.8) is 0 Å². The van der Waals surface area contributed by atoms with Crippen molar-refractivity contribution in [3.8, 4) is 34.1 Å². The van der Waals surface area contributed by atoms with E-state index < -0.39 is 0 Å². The highest BCUT2D eigenvalue weighted by atomic mass is 16.6. The van der Waals surface area contributed by atoms with Crippen LogP contribution in [0.5, 0.6) is 11.9 Å². The van der Waals surface area contributed by atoms with Crippen LogP contribution in [-0.2, 0) is 0 Å². The summed E-state index contributed by atoms with van der Waals surface area (Å²) in [6.07, 6.45) is 3.35.